The fourth-order valence-electron chi connectivity index (χ4n) is 3.77. The van der Waals surface area contributed by atoms with Gasteiger partial charge in [-0.2, -0.15) is 0 Å². The smallest absolute Gasteiger partial charge is 0.317 e. The highest BCUT2D eigenvalue weighted by atomic mass is 79.9. The van der Waals surface area contributed by atoms with E-state index in [1.807, 2.05) is 65.6 Å². The van der Waals surface area contributed by atoms with E-state index in [0.29, 0.717) is 5.56 Å². The van der Waals surface area contributed by atoms with Gasteiger partial charge in [-0.1, -0.05) is 64.5 Å². The summed E-state index contributed by atoms with van der Waals surface area (Å²) < 4.78 is 0.922. The predicted molar refractivity (Wildman–Crippen MR) is 111 cm³/mol. The Kier molecular flexibility index (Phi) is 5.07. The van der Waals surface area contributed by atoms with Gasteiger partial charge in [0, 0.05) is 15.7 Å². The van der Waals surface area contributed by atoms with Crippen molar-refractivity contribution in [1.82, 2.24) is 4.90 Å². The molecule has 0 amide bonds. The van der Waals surface area contributed by atoms with Crippen LogP contribution in [-0.4, -0.2) is 27.6 Å². The Morgan fingerprint density at radius 3 is 2.43 bits per heavy atom. The summed E-state index contributed by atoms with van der Waals surface area (Å²) in [6, 6.07) is 22.5. The quantitative estimate of drug-likeness (QED) is 0.547. The number of aromatic hydroxyl groups is 1. The van der Waals surface area contributed by atoms with E-state index in [9.17, 15) is 15.0 Å². The molecule has 0 bridgehead atoms. The van der Waals surface area contributed by atoms with Gasteiger partial charge in [0.05, 0.1) is 12.6 Å². The molecular formula is C22H19BrN2O3. The second kappa shape index (κ2) is 7.66. The lowest BCUT2D eigenvalue weighted by Gasteiger charge is -2.44. The van der Waals surface area contributed by atoms with Gasteiger partial charge in [-0.05, 0) is 35.4 Å². The Bertz CT molecular complexity index is 1010. The number of benzene rings is 3. The average Bonchev–Trinajstić information content (AvgIpc) is 2.68. The highest BCUT2D eigenvalue weighted by molar-refractivity contribution is 9.10. The molecule has 3 N–H and O–H groups in total. The van der Waals surface area contributed by atoms with Gasteiger partial charge < -0.3 is 15.5 Å². The molecule has 28 heavy (non-hydrogen) atoms. The number of carboxylic acid groups (broad SMARTS) is 1. The highest BCUT2D eigenvalue weighted by Crippen LogP contribution is 2.45. The summed E-state index contributed by atoms with van der Waals surface area (Å²) in [5, 5.41) is 23.5. The van der Waals surface area contributed by atoms with Crippen LogP contribution in [0.15, 0.2) is 77.3 Å². The Balaban J connectivity index is 1.92. The first-order chi connectivity index (χ1) is 13.5. The predicted octanol–water partition coefficient (Wildman–Crippen LogP) is 4.76. The van der Waals surface area contributed by atoms with Crippen molar-refractivity contribution in [3.05, 3.63) is 94.0 Å². The van der Waals surface area contributed by atoms with Crippen molar-refractivity contribution in [3.63, 3.8) is 0 Å². The van der Waals surface area contributed by atoms with Gasteiger partial charge in [-0.25, -0.2) is 0 Å². The number of phenolic OH excluding ortho intramolecular Hbond substituents is 1. The van der Waals surface area contributed by atoms with E-state index in [4.69, 9.17) is 0 Å². The largest absolute Gasteiger partial charge is 0.508 e. The van der Waals surface area contributed by atoms with Gasteiger partial charge in [0.1, 0.15) is 11.9 Å². The van der Waals surface area contributed by atoms with Crippen molar-refractivity contribution in [2.45, 2.75) is 12.2 Å². The van der Waals surface area contributed by atoms with Crippen LogP contribution < -0.4 is 5.32 Å². The molecule has 4 rings (SSSR count). The molecule has 5 nitrogen and oxygen atoms in total. The van der Waals surface area contributed by atoms with Crippen LogP contribution >= 0.6 is 15.9 Å². The first-order valence-corrected chi connectivity index (χ1v) is 9.70. The van der Waals surface area contributed by atoms with Crippen LogP contribution in [0.5, 0.6) is 5.75 Å². The van der Waals surface area contributed by atoms with Crippen molar-refractivity contribution in [3.8, 4) is 5.75 Å². The van der Waals surface area contributed by atoms with Gasteiger partial charge in [0.15, 0.2) is 0 Å². The number of fused-ring (bicyclic) bond motifs is 1. The number of anilines is 1. The second-order valence-corrected chi connectivity index (χ2v) is 7.63. The Morgan fingerprint density at radius 2 is 1.71 bits per heavy atom. The number of halogens is 1. The van der Waals surface area contributed by atoms with Crippen LogP contribution in [0.3, 0.4) is 0 Å². The zero-order chi connectivity index (χ0) is 19.7. The normalized spacial score (nSPS) is 18.9. The Labute approximate surface area is 171 Å². The molecule has 2 atom stereocenters. The van der Waals surface area contributed by atoms with Crippen molar-refractivity contribution in [1.29, 1.82) is 0 Å². The van der Waals surface area contributed by atoms with Crippen molar-refractivity contribution < 1.29 is 15.0 Å². The molecule has 0 saturated carbocycles. The maximum atomic E-state index is 11.7. The summed E-state index contributed by atoms with van der Waals surface area (Å²) >= 11 is 3.53. The van der Waals surface area contributed by atoms with E-state index in [1.54, 1.807) is 12.1 Å². The molecule has 0 radical (unpaired) electrons. The van der Waals surface area contributed by atoms with Crippen LogP contribution in [0.2, 0.25) is 0 Å². The number of aliphatic carboxylic acids is 1. The standard InChI is InChI=1S/C22H19BrN2O3/c23-15-10-11-18-17(12-15)21(14-6-2-1-3-7-14)25(13-20(27)28)22(24-18)16-8-4-5-9-19(16)26/h1-12,21-22,24,26H,13H2,(H,27,28)/t21-,22-/m1/s1. The van der Waals surface area contributed by atoms with Gasteiger partial charge >= 0.3 is 5.97 Å². The summed E-state index contributed by atoms with van der Waals surface area (Å²) in [4.78, 5) is 13.6. The molecular weight excluding hydrogens is 420 g/mol. The van der Waals surface area contributed by atoms with Crippen LogP contribution in [0, 0.1) is 0 Å². The minimum absolute atomic E-state index is 0.128. The lowest BCUT2D eigenvalue weighted by atomic mass is 9.91. The van der Waals surface area contributed by atoms with Crippen molar-refractivity contribution in [2.75, 3.05) is 11.9 Å². The van der Waals surface area contributed by atoms with Crippen molar-refractivity contribution in [2.24, 2.45) is 0 Å². The first-order valence-electron chi connectivity index (χ1n) is 8.91. The zero-order valence-electron chi connectivity index (χ0n) is 14.9. The number of hydrogen-bond acceptors (Lipinski definition) is 4. The molecule has 1 heterocycles. The van der Waals surface area contributed by atoms with Crippen LogP contribution in [0.1, 0.15) is 28.9 Å². The number of carbonyl (C=O) groups is 1. The number of rotatable bonds is 4. The average molecular weight is 439 g/mol. The summed E-state index contributed by atoms with van der Waals surface area (Å²) in [5.74, 6) is -0.802. The van der Waals surface area contributed by atoms with E-state index in [1.165, 1.54) is 0 Å². The summed E-state index contributed by atoms with van der Waals surface area (Å²) in [7, 11) is 0. The topological polar surface area (TPSA) is 72.8 Å². The number of nitrogens with one attached hydrogen (secondary N) is 1. The van der Waals surface area contributed by atoms with Crippen LogP contribution in [-0.2, 0) is 4.79 Å². The number of phenols is 1. The summed E-state index contributed by atoms with van der Waals surface area (Å²) in [6.07, 6.45) is -0.490. The number of para-hydroxylation sites is 1. The van der Waals surface area contributed by atoms with E-state index in [2.05, 4.69) is 21.2 Å². The molecule has 142 valence electrons. The molecule has 0 aromatic heterocycles. The number of carboxylic acids is 1. The second-order valence-electron chi connectivity index (χ2n) is 6.72. The fraction of sp³-hybridized carbons (Fsp3) is 0.136. The Hall–Kier alpha value is -2.83. The summed E-state index contributed by atoms with van der Waals surface area (Å²) in [5.41, 5.74) is 3.52. The molecule has 0 saturated heterocycles. The van der Waals surface area contributed by atoms with Gasteiger partial charge in [0.25, 0.3) is 0 Å². The first kappa shape index (κ1) is 18.5. The molecule has 1 aliphatic rings. The molecule has 0 aliphatic carbocycles. The number of hydrogen-bond donors (Lipinski definition) is 3. The molecule has 3 aromatic carbocycles. The highest BCUT2D eigenvalue weighted by Gasteiger charge is 2.38. The van der Waals surface area contributed by atoms with E-state index in [-0.39, 0.29) is 18.3 Å². The lowest BCUT2D eigenvalue weighted by Crippen LogP contribution is -2.44. The maximum Gasteiger partial charge on any atom is 0.317 e. The van der Waals surface area contributed by atoms with Crippen molar-refractivity contribution >= 4 is 27.6 Å². The molecule has 1 aliphatic heterocycles. The number of nitrogens with zero attached hydrogens (tertiary/aromatic N) is 1. The third-order valence-corrected chi connectivity index (χ3v) is 5.42. The van der Waals surface area contributed by atoms with Gasteiger partial charge in [-0.3, -0.25) is 9.69 Å². The van der Waals surface area contributed by atoms with E-state index < -0.39 is 12.1 Å². The maximum absolute atomic E-state index is 11.7. The molecule has 3 aromatic rings. The third-order valence-electron chi connectivity index (χ3n) is 4.93. The monoisotopic (exact) mass is 438 g/mol. The molecule has 0 spiro atoms. The van der Waals surface area contributed by atoms with Crippen LogP contribution in [0.4, 0.5) is 5.69 Å². The van der Waals surface area contributed by atoms with Gasteiger partial charge in [0.2, 0.25) is 0 Å². The molecule has 6 heteroatoms. The Morgan fingerprint density at radius 1 is 1.00 bits per heavy atom. The van der Waals surface area contributed by atoms with Gasteiger partial charge in [-0.15, -0.1) is 0 Å². The molecule has 0 unspecified atom stereocenters. The zero-order valence-corrected chi connectivity index (χ0v) is 16.5. The van der Waals surface area contributed by atoms with E-state index >= 15 is 0 Å². The summed E-state index contributed by atoms with van der Waals surface area (Å²) in [6.45, 7) is -0.183. The fourth-order valence-corrected chi connectivity index (χ4v) is 4.15. The SMILES string of the molecule is O=C(O)CN1[C@H](c2ccccc2)c2cc(Br)ccc2N[C@H]1c1ccccc1O. The lowest BCUT2D eigenvalue weighted by molar-refractivity contribution is -0.139. The minimum atomic E-state index is -0.929. The van der Waals surface area contributed by atoms with E-state index in [0.717, 1.165) is 21.3 Å². The third kappa shape index (κ3) is 3.48. The molecule has 0 fully saturated rings. The minimum Gasteiger partial charge on any atom is -0.508 e. The van der Waals surface area contributed by atoms with Crippen LogP contribution in [0.25, 0.3) is 0 Å².